The maximum Gasteiger partial charge on any atom is 0.408 e. The molecule has 6 aromatic rings. The highest BCUT2D eigenvalue weighted by Crippen LogP contribution is 2.48. The summed E-state index contributed by atoms with van der Waals surface area (Å²) < 4.78 is 25.1. The number of ether oxygens (including phenoxy) is 3. The van der Waals surface area contributed by atoms with E-state index in [0.717, 1.165) is 16.7 Å². The molecule has 4 bridgehead atoms. The Kier molecular flexibility index (Phi) is 14.4. The van der Waals surface area contributed by atoms with E-state index in [1.165, 1.54) is 0 Å². The number of carbonyl (C=O) groups is 4. The van der Waals surface area contributed by atoms with Gasteiger partial charge in [0.05, 0.1) is 0 Å². The van der Waals surface area contributed by atoms with Crippen LogP contribution in [0.1, 0.15) is 84.5 Å². The maximum absolute atomic E-state index is 14.5. The van der Waals surface area contributed by atoms with E-state index in [4.69, 9.17) is 18.6 Å². The number of nitrogens with one attached hydrogen (secondary N) is 3. The zero-order chi connectivity index (χ0) is 45.9. The summed E-state index contributed by atoms with van der Waals surface area (Å²) in [4.78, 5) is 60.9. The summed E-state index contributed by atoms with van der Waals surface area (Å²) in [6.07, 6.45) is -0.148. The molecule has 0 fully saturated rings. The highest BCUT2D eigenvalue weighted by atomic mass is 16.5. The first-order valence-corrected chi connectivity index (χ1v) is 21.5. The summed E-state index contributed by atoms with van der Waals surface area (Å²) in [6, 6.07) is 39.4. The SMILES string of the molecule is CC(C)[C@H](NC(=O)OCc1ccccc1)C(=O)N[C@H]1Cc2ccc(OCc3ccccc3)c(c2)[C@@](C=O)(c2ccccc2OCc2ccccc2)c2oc(nc2C#N)[C@H](C(C)C)NC1=O. The second kappa shape index (κ2) is 20.6. The van der Waals surface area contributed by atoms with Crippen molar-refractivity contribution in [2.45, 2.75) is 77.5 Å². The number of hydrogen-bond acceptors (Lipinski definition) is 10. The van der Waals surface area contributed by atoms with Crippen LogP contribution < -0.4 is 25.4 Å². The Morgan fingerprint density at radius 1 is 0.815 bits per heavy atom. The van der Waals surface area contributed by atoms with Gasteiger partial charge in [-0.1, -0.05) is 149 Å². The predicted octanol–water partition coefficient (Wildman–Crippen LogP) is 8.04. The van der Waals surface area contributed by atoms with E-state index in [1.807, 2.05) is 105 Å². The fraction of sp³-hybridized carbons (Fsp3) is 0.269. The monoisotopic (exact) mass is 873 g/mol. The van der Waals surface area contributed by atoms with Crippen LogP contribution in [0.3, 0.4) is 0 Å². The van der Waals surface area contributed by atoms with Crippen molar-refractivity contribution in [1.82, 2.24) is 20.9 Å². The molecule has 0 aliphatic carbocycles. The van der Waals surface area contributed by atoms with Crippen LogP contribution in [0.5, 0.6) is 11.5 Å². The molecule has 3 N–H and O–H groups in total. The molecule has 1 aliphatic rings. The Bertz CT molecular complexity index is 2640. The van der Waals surface area contributed by atoms with Gasteiger partial charge in [-0.2, -0.15) is 5.26 Å². The molecule has 3 amide bonds. The van der Waals surface area contributed by atoms with Gasteiger partial charge in [0.2, 0.25) is 17.7 Å². The lowest BCUT2D eigenvalue weighted by Gasteiger charge is -2.32. The van der Waals surface area contributed by atoms with E-state index in [1.54, 1.807) is 56.3 Å². The minimum Gasteiger partial charge on any atom is -0.489 e. The number of oxazole rings is 1. The number of nitriles is 1. The number of carbonyl (C=O) groups excluding carboxylic acids is 4. The molecule has 2 heterocycles. The molecule has 13 heteroatoms. The normalized spacial score (nSPS) is 17.3. The standard InChI is InChI=1S/C52H51N5O8/c1-33(2)45(57-51(61)64-31-37-20-12-7-13-21-37)49(60)54-41-27-38-24-25-44(63-30-36-18-10-6-11-19-36)40(26-38)52(32-58,39-22-14-15-23-43(39)62-29-35-16-8-5-9-17-35)47-42(28-53)55-50(65-47)46(34(3)4)56-48(41)59/h5-26,32-34,41,45-46H,27,29-31H2,1-4H3,(H,54,60)(H,56,59)(H,57,61)/t41-,45-,46-,52+/m0/s1. The molecule has 0 radical (unpaired) electrons. The minimum atomic E-state index is -1.91. The van der Waals surface area contributed by atoms with Crippen molar-refractivity contribution >= 4 is 24.2 Å². The van der Waals surface area contributed by atoms with Gasteiger partial charge in [-0.05, 0) is 46.2 Å². The van der Waals surface area contributed by atoms with Crippen LogP contribution in [0, 0.1) is 23.2 Å². The van der Waals surface area contributed by atoms with Gasteiger partial charge in [0.25, 0.3) is 0 Å². The molecule has 4 atom stereocenters. The number of benzene rings is 5. The number of aromatic nitrogens is 1. The van der Waals surface area contributed by atoms with Gasteiger partial charge in [-0.15, -0.1) is 0 Å². The van der Waals surface area contributed by atoms with E-state index in [0.29, 0.717) is 23.2 Å². The molecule has 0 spiro atoms. The van der Waals surface area contributed by atoms with E-state index >= 15 is 0 Å². The van der Waals surface area contributed by atoms with Crippen molar-refractivity contribution in [2.24, 2.45) is 11.8 Å². The van der Waals surface area contributed by atoms with Crippen LogP contribution in [-0.4, -0.2) is 41.3 Å². The molecule has 0 unspecified atom stereocenters. The molecule has 332 valence electrons. The summed E-state index contributed by atoms with van der Waals surface area (Å²) in [5.41, 5.74) is 1.58. The third kappa shape index (κ3) is 10.4. The number of alkyl carbamates (subject to hydrolysis) is 1. The largest absolute Gasteiger partial charge is 0.489 e. The number of para-hydroxylation sites is 1. The average molecular weight is 874 g/mol. The zero-order valence-electron chi connectivity index (χ0n) is 36.7. The lowest BCUT2D eigenvalue weighted by Crippen LogP contribution is -2.56. The maximum atomic E-state index is 14.5. The molecule has 1 aliphatic heterocycles. The number of rotatable bonds is 15. The minimum absolute atomic E-state index is 0.00390. The lowest BCUT2D eigenvalue weighted by molar-refractivity contribution is -0.131. The van der Waals surface area contributed by atoms with Gasteiger partial charge < -0.3 is 39.4 Å². The second-order valence-corrected chi connectivity index (χ2v) is 16.6. The number of amides is 3. The Morgan fingerprint density at radius 3 is 1.95 bits per heavy atom. The summed E-state index contributed by atoms with van der Waals surface area (Å²) in [6.45, 7) is 7.51. The Hall–Kier alpha value is -7.72. The average Bonchev–Trinajstić information content (AvgIpc) is 3.76. The summed E-state index contributed by atoms with van der Waals surface area (Å²) in [7, 11) is 0. The van der Waals surface area contributed by atoms with Gasteiger partial charge in [0.15, 0.2) is 11.5 Å². The molecule has 5 aromatic carbocycles. The van der Waals surface area contributed by atoms with Crippen molar-refractivity contribution in [3.05, 3.63) is 184 Å². The highest BCUT2D eigenvalue weighted by molar-refractivity contribution is 5.92. The smallest absolute Gasteiger partial charge is 0.408 e. The van der Waals surface area contributed by atoms with Crippen LogP contribution in [-0.2, 0) is 50.8 Å². The van der Waals surface area contributed by atoms with Crippen molar-refractivity contribution in [3.63, 3.8) is 0 Å². The molecular formula is C52H51N5O8. The first kappa shape index (κ1) is 45.3. The van der Waals surface area contributed by atoms with Crippen LogP contribution >= 0.6 is 0 Å². The van der Waals surface area contributed by atoms with E-state index < -0.39 is 47.4 Å². The first-order chi connectivity index (χ1) is 31.5. The molecule has 65 heavy (non-hydrogen) atoms. The number of nitrogens with zero attached hydrogens (tertiary/aromatic N) is 2. The molecule has 1 aromatic heterocycles. The fourth-order valence-corrected chi connectivity index (χ4v) is 7.81. The van der Waals surface area contributed by atoms with E-state index in [2.05, 4.69) is 27.0 Å². The van der Waals surface area contributed by atoms with Crippen LogP contribution in [0.15, 0.2) is 138 Å². The van der Waals surface area contributed by atoms with Crippen molar-refractivity contribution in [2.75, 3.05) is 0 Å². The highest BCUT2D eigenvalue weighted by Gasteiger charge is 2.48. The van der Waals surface area contributed by atoms with Gasteiger partial charge in [-0.25, -0.2) is 9.78 Å². The van der Waals surface area contributed by atoms with Gasteiger partial charge in [0, 0.05) is 17.5 Å². The quantitative estimate of drug-likeness (QED) is 0.0855. The van der Waals surface area contributed by atoms with Crippen molar-refractivity contribution in [1.29, 1.82) is 5.26 Å². The Labute approximate surface area is 378 Å². The molecule has 0 saturated carbocycles. The summed E-state index contributed by atoms with van der Waals surface area (Å²) >= 11 is 0. The third-order valence-corrected chi connectivity index (χ3v) is 11.3. The van der Waals surface area contributed by atoms with Crippen LogP contribution in [0.25, 0.3) is 0 Å². The number of hydrogen-bond donors (Lipinski definition) is 3. The molecule has 13 nitrogen and oxygen atoms in total. The lowest BCUT2D eigenvalue weighted by atomic mass is 9.71. The predicted molar refractivity (Wildman–Crippen MR) is 241 cm³/mol. The van der Waals surface area contributed by atoms with Crippen molar-refractivity contribution < 1.29 is 37.8 Å². The van der Waals surface area contributed by atoms with Gasteiger partial charge >= 0.3 is 6.09 Å². The van der Waals surface area contributed by atoms with E-state index in [-0.39, 0.29) is 60.8 Å². The zero-order valence-corrected chi connectivity index (χ0v) is 36.7. The van der Waals surface area contributed by atoms with Gasteiger partial charge in [0.1, 0.15) is 67.2 Å². The molecule has 7 rings (SSSR count). The topological polar surface area (TPSA) is 182 Å². The second-order valence-electron chi connectivity index (χ2n) is 16.6. The Balaban J connectivity index is 1.35. The van der Waals surface area contributed by atoms with Gasteiger partial charge in [-0.3, -0.25) is 9.59 Å². The van der Waals surface area contributed by atoms with Crippen LogP contribution in [0.4, 0.5) is 4.79 Å². The number of fused-ring (bicyclic) bond motifs is 4. The number of aldehydes is 1. The van der Waals surface area contributed by atoms with Crippen LogP contribution in [0.2, 0.25) is 0 Å². The van der Waals surface area contributed by atoms with Crippen molar-refractivity contribution in [3.8, 4) is 17.6 Å². The fourth-order valence-electron chi connectivity index (χ4n) is 7.81. The molecular weight excluding hydrogens is 823 g/mol. The summed E-state index contributed by atoms with van der Waals surface area (Å²) in [5.74, 6) is -1.44. The molecule has 0 saturated heterocycles. The first-order valence-electron chi connectivity index (χ1n) is 21.5. The summed E-state index contributed by atoms with van der Waals surface area (Å²) in [5, 5.41) is 19.3. The van der Waals surface area contributed by atoms with E-state index in [9.17, 15) is 24.4 Å². The Morgan fingerprint density at radius 2 is 1.38 bits per heavy atom. The third-order valence-electron chi connectivity index (χ3n) is 11.3.